The zero-order chi connectivity index (χ0) is 15.3. The molecule has 0 aromatic heterocycles. The highest BCUT2D eigenvalue weighted by Crippen LogP contribution is 2.43. The summed E-state index contributed by atoms with van der Waals surface area (Å²) in [6.07, 6.45) is 6.08. The predicted octanol–water partition coefficient (Wildman–Crippen LogP) is 2.86. The van der Waals surface area contributed by atoms with Crippen molar-refractivity contribution < 1.29 is 19.1 Å². The SMILES string of the molecule is COC(=O)CCC1(CCC(=O)OC)C=Cc2ccccc21. The Labute approximate surface area is 124 Å². The van der Waals surface area contributed by atoms with Gasteiger partial charge in [0.2, 0.25) is 0 Å². The first kappa shape index (κ1) is 15.3. The molecule has 0 unspecified atom stereocenters. The number of ether oxygens (including phenoxy) is 2. The van der Waals surface area contributed by atoms with E-state index in [4.69, 9.17) is 9.47 Å². The van der Waals surface area contributed by atoms with Gasteiger partial charge in [0.25, 0.3) is 0 Å². The Kier molecular flexibility index (Phi) is 4.78. The minimum atomic E-state index is -0.293. The molecule has 0 bridgehead atoms. The molecule has 2 rings (SSSR count). The van der Waals surface area contributed by atoms with E-state index in [9.17, 15) is 9.59 Å². The molecule has 4 heteroatoms. The zero-order valence-electron chi connectivity index (χ0n) is 12.4. The highest BCUT2D eigenvalue weighted by atomic mass is 16.5. The summed E-state index contributed by atoms with van der Waals surface area (Å²) in [5, 5.41) is 0. The number of hydrogen-bond donors (Lipinski definition) is 0. The highest BCUT2D eigenvalue weighted by Gasteiger charge is 2.35. The first-order chi connectivity index (χ1) is 10.1. The maximum Gasteiger partial charge on any atom is 0.305 e. The number of methoxy groups -OCH3 is 2. The minimum Gasteiger partial charge on any atom is -0.469 e. The summed E-state index contributed by atoms with van der Waals surface area (Å²) in [7, 11) is 2.78. The van der Waals surface area contributed by atoms with E-state index in [0.717, 1.165) is 11.1 Å². The second-order valence-electron chi connectivity index (χ2n) is 5.23. The fourth-order valence-electron chi connectivity index (χ4n) is 2.85. The fourth-order valence-corrected chi connectivity index (χ4v) is 2.85. The standard InChI is InChI=1S/C17H20O4/c1-20-15(18)8-11-17(12-9-16(19)21-2)10-7-13-5-3-4-6-14(13)17/h3-7,10H,8-9,11-12H2,1-2H3. The number of carbonyl (C=O) groups is 2. The van der Waals surface area contributed by atoms with E-state index in [0.29, 0.717) is 25.7 Å². The van der Waals surface area contributed by atoms with E-state index >= 15 is 0 Å². The molecule has 1 aromatic rings. The van der Waals surface area contributed by atoms with Gasteiger partial charge in [-0.25, -0.2) is 0 Å². The van der Waals surface area contributed by atoms with Crippen molar-refractivity contribution in [3.05, 3.63) is 41.5 Å². The third-order valence-corrected chi connectivity index (χ3v) is 4.08. The lowest BCUT2D eigenvalue weighted by Gasteiger charge is -2.28. The molecule has 4 nitrogen and oxygen atoms in total. The number of esters is 2. The van der Waals surface area contributed by atoms with Crippen molar-refractivity contribution in [3.8, 4) is 0 Å². The van der Waals surface area contributed by atoms with E-state index in [2.05, 4.69) is 18.2 Å². The van der Waals surface area contributed by atoms with Gasteiger partial charge in [0.05, 0.1) is 14.2 Å². The van der Waals surface area contributed by atoms with Crippen LogP contribution in [0.4, 0.5) is 0 Å². The normalized spacial score (nSPS) is 14.6. The van der Waals surface area contributed by atoms with Crippen molar-refractivity contribution in [2.45, 2.75) is 31.1 Å². The molecule has 0 heterocycles. The molecule has 0 aliphatic heterocycles. The Morgan fingerprint density at radius 1 is 1.00 bits per heavy atom. The van der Waals surface area contributed by atoms with Gasteiger partial charge in [-0.2, -0.15) is 0 Å². The number of fused-ring (bicyclic) bond motifs is 1. The van der Waals surface area contributed by atoms with Gasteiger partial charge in [-0.1, -0.05) is 36.4 Å². The lowest BCUT2D eigenvalue weighted by molar-refractivity contribution is -0.141. The van der Waals surface area contributed by atoms with Crippen molar-refractivity contribution in [1.82, 2.24) is 0 Å². The van der Waals surface area contributed by atoms with E-state index in [1.807, 2.05) is 18.2 Å². The second-order valence-corrected chi connectivity index (χ2v) is 5.23. The monoisotopic (exact) mass is 288 g/mol. The van der Waals surface area contributed by atoms with Gasteiger partial charge < -0.3 is 9.47 Å². The van der Waals surface area contributed by atoms with E-state index in [-0.39, 0.29) is 17.4 Å². The van der Waals surface area contributed by atoms with E-state index in [1.165, 1.54) is 14.2 Å². The lowest BCUT2D eigenvalue weighted by Crippen LogP contribution is -2.25. The molecular weight excluding hydrogens is 268 g/mol. The van der Waals surface area contributed by atoms with Crippen LogP contribution in [0.25, 0.3) is 6.08 Å². The smallest absolute Gasteiger partial charge is 0.305 e. The summed E-state index contributed by atoms with van der Waals surface area (Å²) < 4.78 is 9.47. The molecule has 0 amide bonds. The lowest BCUT2D eigenvalue weighted by atomic mass is 9.75. The molecule has 0 fully saturated rings. The van der Waals surface area contributed by atoms with Gasteiger partial charge in [0.15, 0.2) is 0 Å². The van der Waals surface area contributed by atoms with Crippen LogP contribution in [0.1, 0.15) is 36.8 Å². The number of allylic oxidation sites excluding steroid dienone is 1. The van der Waals surface area contributed by atoms with Crippen LogP contribution in [0.5, 0.6) is 0 Å². The van der Waals surface area contributed by atoms with E-state index < -0.39 is 0 Å². The minimum absolute atomic E-state index is 0.231. The van der Waals surface area contributed by atoms with Crippen LogP contribution in [0.3, 0.4) is 0 Å². The van der Waals surface area contributed by atoms with Crippen LogP contribution in [-0.2, 0) is 24.5 Å². The Morgan fingerprint density at radius 2 is 1.57 bits per heavy atom. The third kappa shape index (κ3) is 3.32. The van der Waals surface area contributed by atoms with Crippen LogP contribution in [0.15, 0.2) is 30.3 Å². The fraction of sp³-hybridized carbons (Fsp3) is 0.412. The number of carbonyl (C=O) groups excluding carboxylic acids is 2. The summed E-state index contributed by atoms with van der Waals surface area (Å²) >= 11 is 0. The zero-order valence-corrected chi connectivity index (χ0v) is 12.4. The molecule has 0 radical (unpaired) electrons. The first-order valence-electron chi connectivity index (χ1n) is 7.04. The molecule has 21 heavy (non-hydrogen) atoms. The van der Waals surface area contributed by atoms with Crippen molar-refractivity contribution in [2.24, 2.45) is 0 Å². The molecule has 1 aliphatic carbocycles. The van der Waals surface area contributed by atoms with Crippen molar-refractivity contribution in [2.75, 3.05) is 14.2 Å². The molecule has 0 spiro atoms. The second kappa shape index (κ2) is 6.57. The van der Waals surface area contributed by atoms with Gasteiger partial charge in [-0.15, -0.1) is 0 Å². The molecule has 0 atom stereocenters. The molecule has 0 saturated heterocycles. The van der Waals surface area contributed by atoms with Crippen LogP contribution in [0, 0.1) is 0 Å². The average Bonchev–Trinajstić information content (AvgIpc) is 2.90. The van der Waals surface area contributed by atoms with Crippen LogP contribution >= 0.6 is 0 Å². The highest BCUT2D eigenvalue weighted by molar-refractivity contribution is 5.72. The maximum absolute atomic E-state index is 11.5. The van der Waals surface area contributed by atoms with E-state index in [1.54, 1.807) is 0 Å². The summed E-state index contributed by atoms with van der Waals surface area (Å²) in [6, 6.07) is 8.07. The quantitative estimate of drug-likeness (QED) is 0.755. The van der Waals surface area contributed by atoms with Gasteiger partial charge >= 0.3 is 11.9 Å². The number of hydrogen-bond acceptors (Lipinski definition) is 4. The first-order valence-corrected chi connectivity index (χ1v) is 7.04. The predicted molar refractivity (Wildman–Crippen MR) is 79.7 cm³/mol. The Hall–Kier alpha value is -2.10. The largest absolute Gasteiger partial charge is 0.469 e. The molecule has 0 saturated carbocycles. The summed E-state index contributed by atoms with van der Waals surface area (Å²) in [5.74, 6) is -0.463. The van der Waals surface area contributed by atoms with Crippen molar-refractivity contribution >= 4 is 18.0 Å². The van der Waals surface area contributed by atoms with Crippen LogP contribution in [0.2, 0.25) is 0 Å². The Bertz CT molecular complexity index is 540. The summed E-state index contributed by atoms with van der Waals surface area (Å²) in [5.41, 5.74) is 2.02. The Balaban J connectivity index is 2.21. The number of benzene rings is 1. The molecular formula is C17H20O4. The van der Waals surface area contributed by atoms with Gasteiger partial charge in [-0.3, -0.25) is 9.59 Å². The van der Waals surface area contributed by atoms with Gasteiger partial charge in [0, 0.05) is 18.3 Å². The van der Waals surface area contributed by atoms with Crippen LogP contribution < -0.4 is 0 Å². The van der Waals surface area contributed by atoms with Gasteiger partial charge in [-0.05, 0) is 24.0 Å². The Morgan fingerprint density at radius 3 is 2.14 bits per heavy atom. The van der Waals surface area contributed by atoms with Crippen molar-refractivity contribution in [1.29, 1.82) is 0 Å². The maximum atomic E-state index is 11.5. The molecule has 0 N–H and O–H groups in total. The summed E-state index contributed by atoms with van der Waals surface area (Å²) in [6.45, 7) is 0. The molecule has 1 aromatic carbocycles. The van der Waals surface area contributed by atoms with Crippen LogP contribution in [-0.4, -0.2) is 26.2 Å². The molecule has 1 aliphatic rings. The molecule has 112 valence electrons. The third-order valence-electron chi connectivity index (χ3n) is 4.08. The average molecular weight is 288 g/mol. The van der Waals surface area contributed by atoms with Crippen molar-refractivity contribution in [3.63, 3.8) is 0 Å². The topological polar surface area (TPSA) is 52.6 Å². The summed E-state index contributed by atoms with van der Waals surface area (Å²) in [4.78, 5) is 23.0. The number of rotatable bonds is 6. The van der Waals surface area contributed by atoms with Gasteiger partial charge in [0.1, 0.15) is 0 Å².